The molecule has 5 nitrogen and oxygen atoms in total. The van der Waals surface area contributed by atoms with Crippen LogP contribution in [0.25, 0.3) is 0 Å². The van der Waals surface area contributed by atoms with Crippen LogP contribution in [0, 0.1) is 13.8 Å². The fraction of sp³-hybridized carbons (Fsp3) is 0.333. The lowest BCUT2D eigenvalue weighted by Gasteiger charge is -2.14. The molecule has 0 radical (unpaired) electrons. The third-order valence-corrected chi connectivity index (χ3v) is 5.45. The number of aryl methyl sites for hydroxylation is 1. The van der Waals surface area contributed by atoms with Crippen molar-refractivity contribution >= 4 is 44.1 Å². The molecule has 0 saturated carbocycles. The van der Waals surface area contributed by atoms with Crippen molar-refractivity contribution in [3.8, 4) is 5.75 Å². The predicted octanol–water partition coefficient (Wildman–Crippen LogP) is 4.37. The van der Waals surface area contributed by atoms with Gasteiger partial charge in [0.1, 0.15) is 10.8 Å². The number of carbonyl (C=O) groups excluding carboxylic acids is 2. The number of thiophene rings is 1. The third kappa shape index (κ3) is 4.61. The highest BCUT2D eigenvalue weighted by molar-refractivity contribution is 9.10. The van der Waals surface area contributed by atoms with Gasteiger partial charge in [0.25, 0.3) is 11.8 Å². The zero-order valence-electron chi connectivity index (χ0n) is 14.6. The van der Waals surface area contributed by atoms with E-state index in [1.807, 2.05) is 32.0 Å². The fourth-order valence-corrected chi connectivity index (χ4v) is 3.88. The molecule has 1 heterocycles. The zero-order chi connectivity index (χ0) is 18.7. The van der Waals surface area contributed by atoms with Crippen LogP contribution in [-0.4, -0.2) is 18.4 Å². The number of ether oxygens (including phenoxy) is 1. The normalized spacial score (nSPS) is 10.8. The number of anilines is 1. The lowest BCUT2D eigenvalue weighted by atomic mass is 10.0. The minimum absolute atomic E-state index is 0.143. The van der Waals surface area contributed by atoms with Crippen LogP contribution in [0.3, 0.4) is 0 Å². The Morgan fingerprint density at radius 3 is 2.60 bits per heavy atom. The first kappa shape index (κ1) is 19.5. The standard InChI is InChI=1S/C18H21BrN2O3S/c1-9(2)13-7-12(19)5-6-14(13)24-8-15(22)21-18-16(17(20)23)10(3)11(4)25-18/h5-7,9H,8H2,1-4H3,(H2,20,23)(H,21,22). The van der Waals surface area contributed by atoms with Gasteiger partial charge in [-0.3, -0.25) is 9.59 Å². The first-order valence-corrected chi connectivity index (χ1v) is 9.43. The minimum Gasteiger partial charge on any atom is -0.483 e. The average Bonchev–Trinajstić information content (AvgIpc) is 2.80. The van der Waals surface area contributed by atoms with Gasteiger partial charge in [-0.25, -0.2) is 0 Å². The van der Waals surface area contributed by atoms with Crippen molar-refractivity contribution in [2.75, 3.05) is 11.9 Å². The van der Waals surface area contributed by atoms with E-state index >= 15 is 0 Å². The number of benzene rings is 1. The number of rotatable bonds is 6. The van der Waals surface area contributed by atoms with E-state index in [9.17, 15) is 9.59 Å². The van der Waals surface area contributed by atoms with Gasteiger partial charge in [0.2, 0.25) is 0 Å². The number of carbonyl (C=O) groups is 2. The number of hydrogen-bond acceptors (Lipinski definition) is 4. The lowest BCUT2D eigenvalue weighted by Crippen LogP contribution is -2.22. The van der Waals surface area contributed by atoms with Crippen molar-refractivity contribution in [3.05, 3.63) is 44.2 Å². The maximum atomic E-state index is 12.2. The molecule has 0 aliphatic rings. The molecular weight excluding hydrogens is 404 g/mol. The summed E-state index contributed by atoms with van der Waals surface area (Å²) in [4.78, 5) is 24.8. The highest BCUT2D eigenvalue weighted by Gasteiger charge is 2.19. The summed E-state index contributed by atoms with van der Waals surface area (Å²) in [7, 11) is 0. The zero-order valence-corrected chi connectivity index (χ0v) is 17.0. The van der Waals surface area contributed by atoms with E-state index in [0.717, 1.165) is 20.5 Å². The molecule has 2 aromatic rings. The van der Waals surface area contributed by atoms with E-state index in [1.54, 1.807) is 0 Å². The van der Waals surface area contributed by atoms with Crippen molar-refractivity contribution in [1.29, 1.82) is 0 Å². The lowest BCUT2D eigenvalue weighted by molar-refractivity contribution is -0.118. The largest absolute Gasteiger partial charge is 0.483 e. The van der Waals surface area contributed by atoms with Crippen molar-refractivity contribution in [2.45, 2.75) is 33.6 Å². The molecular formula is C18H21BrN2O3S. The van der Waals surface area contributed by atoms with Gasteiger partial charge < -0.3 is 15.8 Å². The van der Waals surface area contributed by atoms with E-state index in [4.69, 9.17) is 10.5 Å². The van der Waals surface area contributed by atoms with Gasteiger partial charge in [-0.15, -0.1) is 11.3 Å². The quantitative estimate of drug-likeness (QED) is 0.721. The van der Waals surface area contributed by atoms with Crippen LogP contribution in [0.1, 0.15) is 46.1 Å². The molecule has 25 heavy (non-hydrogen) atoms. The van der Waals surface area contributed by atoms with E-state index in [0.29, 0.717) is 16.3 Å². The molecule has 0 unspecified atom stereocenters. The first-order valence-electron chi connectivity index (χ1n) is 7.82. The van der Waals surface area contributed by atoms with E-state index in [2.05, 4.69) is 35.1 Å². The van der Waals surface area contributed by atoms with Crippen LogP contribution in [0.2, 0.25) is 0 Å². The summed E-state index contributed by atoms with van der Waals surface area (Å²) in [5, 5.41) is 3.20. The van der Waals surface area contributed by atoms with Crippen molar-refractivity contribution < 1.29 is 14.3 Å². The Kier molecular flexibility index (Phi) is 6.24. The minimum atomic E-state index is -0.548. The van der Waals surface area contributed by atoms with E-state index in [-0.39, 0.29) is 18.4 Å². The summed E-state index contributed by atoms with van der Waals surface area (Å²) in [5.41, 5.74) is 7.59. The molecule has 134 valence electrons. The molecule has 1 aromatic heterocycles. The molecule has 0 saturated heterocycles. The van der Waals surface area contributed by atoms with Gasteiger partial charge in [0.05, 0.1) is 5.56 Å². The van der Waals surface area contributed by atoms with Gasteiger partial charge in [-0.1, -0.05) is 29.8 Å². The number of halogens is 1. The average molecular weight is 425 g/mol. The molecule has 1 aromatic carbocycles. The Labute approximate surface area is 159 Å². The summed E-state index contributed by atoms with van der Waals surface area (Å²) in [6.07, 6.45) is 0. The number of nitrogens with one attached hydrogen (secondary N) is 1. The highest BCUT2D eigenvalue weighted by Crippen LogP contribution is 2.32. The molecule has 0 aliphatic carbocycles. The maximum absolute atomic E-state index is 12.2. The van der Waals surface area contributed by atoms with Gasteiger partial charge in [-0.2, -0.15) is 0 Å². The van der Waals surface area contributed by atoms with Crippen molar-refractivity contribution in [1.82, 2.24) is 0 Å². The number of primary amides is 1. The topological polar surface area (TPSA) is 81.4 Å². The molecule has 0 aliphatic heterocycles. The van der Waals surface area contributed by atoms with Gasteiger partial charge >= 0.3 is 0 Å². The summed E-state index contributed by atoms with van der Waals surface area (Å²) in [6, 6.07) is 5.69. The summed E-state index contributed by atoms with van der Waals surface area (Å²) < 4.78 is 6.64. The number of amides is 2. The Morgan fingerprint density at radius 2 is 2.00 bits per heavy atom. The number of nitrogens with two attached hydrogens (primary N) is 1. The monoisotopic (exact) mass is 424 g/mol. The van der Waals surface area contributed by atoms with Crippen LogP contribution in [-0.2, 0) is 4.79 Å². The molecule has 0 atom stereocenters. The van der Waals surface area contributed by atoms with Gasteiger partial charge in [0, 0.05) is 9.35 Å². The molecule has 0 fully saturated rings. The number of hydrogen-bond donors (Lipinski definition) is 2. The van der Waals surface area contributed by atoms with Crippen molar-refractivity contribution in [2.24, 2.45) is 5.73 Å². The van der Waals surface area contributed by atoms with Crippen molar-refractivity contribution in [3.63, 3.8) is 0 Å². The van der Waals surface area contributed by atoms with Crippen LogP contribution < -0.4 is 15.8 Å². The molecule has 2 amide bonds. The summed E-state index contributed by atoms with van der Waals surface area (Å²) in [6.45, 7) is 7.68. The Morgan fingerprint density at radius 1 is 1.32 bits per heavy atom. The maximum Gasteiger partial charge on any atom is 0.262 e. The van der Waals surface area contributed by atoms with E-state index in [1.165, 1.54) is 11.3 Å². The molecule has 0 spiro atoms. The molecule has 3 N–H and O–H groups in total. The molecule has 7 heteroatoms. The summed E-state index contributed by atoms with van der Waals surface area (Å²) >= 11 is 4.78. The Bertz CT molecular complexity index is 815. The van der Waals surface area contributed by atoms with Gasteiger partial charge in [0.15, 0.2) is 6.61 Å². The van der Waals surface area contributed by atoms with Crippen LogP contribution in [0.4, 0.5) is 5.00 Å². The second kappa shape index (κ2) is 8.01. The summed E-state index contributed by atoms with van der Waals surface area (Å²) in [5.74, 6) is 0.0519. The Hall–Kier alpha value is -1.86. The first-order chi connectivity index (χ1) is 11.7. The Balaban J connectivity index is 2.10. The van der Waals surface area contributed by atoms with Crippen LogP contribution in [0.15, 0.2) is 22.7 Å². The fourth-order valence-electron chi connectivity index (χ4n) is 2.42. The van der Waals surface area contributed by atoms with Gasteiger partial charge in [-0.05, 0) is 49.1 Å². The van der Waals surface area contributed by atoms with Crippen LogP contribution in [0.5, 0.6) is 5.75 Å². The SMILES string of the molecule is Cc1sc(NC(=O)COc2ccc(Br)cc2C(C)C)c(C(N)=O)c1C. The van der Waals surface area contributed by atoms with E-state index < -0.39 is 5.91 Å². The second-order valence-electron chi connectivity index (χ2n) is 6.03. The predicted molar refractivity (Wildman–Crippen MR) is 105 cm³/mol. The molecule has 2 rings (SSSR count). The van der Waals surface area contributed by atoms with Crippen LogP contribution >= 0.6 is 27.3 Å². The smallest absolute Gasteiger partial charge is 0.262 e. The second-order valence-corrected chi connectivity index (χ2v) is 8.17. The molecule has 0 bridgehead atoms. The highest BCUT2D eigenvalue weighted by atomic mass is 79.9. The third-order valence-electron chi connectivity index (χ3n) is 3.84.